The Morgan fingerprint density at radius 1 is 1.35 bits per heavy atom. The Morgan fingerprint density at radius 2 is 2.00 bits per heavy atom. The summed E-state index contributed by atoms with van der Waals surface area (Å²) in [7, 11) is 1.83. The summed E-state index contributed by atoms with van der Waals surface area (Å²) in [6.45, 7) is 14.1. The minimum absolute atomic E-state index is 0.510. The van der Waals surface area contributed by atoms with Gasteiger partial charge in [-0.2, -0.15) is 0 Å². The summed E-state index contributed by atoms with van der Waals surface area (Å²) in [6, 6.07) is 2.72. The molecule has 0 fully saturated rings. The number of aromatic nitrogens is 1. The van der Waals surface area contributed by atoms with Crippen molar-refractivity contribution in [1.29, 1.82) is 0 Å². The first-order valence-corrected chi connectivity index (χ1v) is 7.64. The highest BCUT2D eigenvalue weighted by Gasteiger charge is 2.17. The lowest BCUT2D eigenvalue weighted by atomic mass is 10.1. The summed E-state index contributed by atoms with van der Waals surface area (Å²) in [6.07, 6.45) is 2.26. The maximum Gasteiger partial charge on any atom is 0.129 e. The molecule has 1 aromatic rings. The van der Waals surface area contributed by atoms with Gasteiger partial charge in [0.05, 0.1) is 11.4 Å². The van der Waals surface area contributed by atoms with Crippen LogP contribution in [0.5, 0.6) is 0 Å². The van der Waals surface area contributed by atoms with Gasteiger partial charge < -0.3 is 4.90 Å². The molecule has 20 heavy (non-hydrogen) atoms. The van der Waals surface area contributed by atoms with E-state index in [4.69, 9.17) is 4.98 Å². The molecule has 3 nitrogen and oxygen atoms in total. The number of anilines is 1. The summed E-state index contributed by atoms with van der Waals surface area (Å²) in [5.74, 6) is 1.09. The lowest BCUT2D eigenvalue weighted by molar-refractivity contribution is 0.603. The van der Waals surface area contributed by atoms with Crippen LogP contribution < -0.4 is 4.90 Å². The van der Waals surface area contributed by atoms with E-state index in [0.717, 1.165) is 36.6 Å². The Kier molecular flexibility index (Phi) is 6.18. The van der Waals surface area contributed by atoms with Crippen LogP contribution in [0.25, 0.3) is 0 Å². The average molecular weight is 275 g/mol. The summed E-state index contributed by atoms with van der Waals surface area (Å²) in [5, 5.41) is 0. The quantitative estimate of drug-likeness (QED) is 0.730. The van der Waals surface area contributed by atoms with Crippen molar-refractivity contribution < 1.29 is 0 Å². The first kappa shape index (κ1) is 16.7. The molecule has 0 bridgehead atoms. The van der Waals surface area contributed by atoms with Gasteiger partial charge in [0, 0.05) is 19.6 Å². The third-order valence-electron chi connectivity index (χ3n) is 4.08. The molecule has 1 rings (SSSR count). The van der Waals surface area contributed by atoms with Gasteiger partial charge in [-0.3, -0.25) is 4.99 Å². The molecular formula is C17H29N3. The molecule has 1 unspecified atom stereocenters. The topological polar surface area (TPSA) is 28.5 Å². The smallest absolute Gasteiger partial charge is 0.129 e. The minimum atomic E-state index is 0.510. The maximum atomic E-state index is 4.89. The normalized spacial score (nSPS) is 13.4. The second kappa shape index (κ2) is 7.41. The average Bonchev–Trinajstić information content (AvgIpc) is 2.45. The van der Waals surface area contributed by atoms with E-state index in [1.165, 1.54) is 11.1 Å². The Morgan fingerprint density at radius 3 is 2.50 bits per heavy atom. The fraction of sp³-hybridized carbons (Fsp3) is 0.647. The third-order valence-corrected chi connectivity index (χ3v) is 4.08. The molecule has 1 heterocycles. The summed E-state index contributed by atoms with van der Waals surface area (Å²) in [5.41, 5.74) is 4.56. The largest absolute Gasteiger partial charge is 0.354 e. The second-order valence-corrected chi connectivity index (χ2v) is 5.53. The lowest BCUT2D eigenvalue weighted by Crippen LogP contribution is -2.34. The Balaban J connectivity index is 3.33. The fourth-order valence-corrected chi connectivity index (χ4v) is 2.35. The zero-order valence-corrected chi connectivity index (χ0v) is 14.1. The highest BCUT2D eigenvalue weighted by molar-refractivity contribution is 5.98. The predicted octanol–water partition coefficient (Wildman–Crippen LogP) is 4.15. The van der Waals surface area contributed by atoms with Gasteiger partial charge in [0.15, 0.2) is 0 Å². The fourth-order valence-electron chi connectivity index (χ4n) is 2.35. The molecule has 0 aliphatic heterocycles. The molecule has 0 saturated carbocycles. The van der Waals surface area contributed by atoms with Crippen molar-refractivity contribution in [2.45, 2.75) is 60.4 Å². The van der Waals surface area contributed by atoms with E-state index in [1.54, 1.807) is 0 Å². The first-order chi connectivity index (χ1) is 9.46. The minimum Gasteiger partial charge on any atom is -0.354 e. The van der Waals surface area contributed by atoms with Gasteiger partial charge in [0.25, 0.3) is 0 Å². The molecule has 0 N–H and O–H groups in total. The van der Waals surface area contributed by atoms with Crippen molar-refractivity contribution in [2.75, 3.05) is 18.5 Å². The Bertz CT molecular complexity index is 477. The number of aliphatic imine (C=N–C) groups is 1. The molecule has 112 valence electrons. The number of aryl methyl sites for hydroxylation is 1. The number of nitrogens with zero attached hydrogens (tertiary/aromatic N) is 3. The van der Waals surface area contributed by atoms with Crippen molar-refractivity contribution in [2.24, 2.45) is 4.99 Å². The lowest BCUT2D eigenvalue weighted by Gasteiger charge is -2.30. The van der Waals surface area contributed by atoms with Crippen LogP contribution in [0.4, 0.5) is 5.82 Å². The van der Waals surface area contributed by atoms with E-state index in [2.05, 4.69) is 50.6 Å². The molecule has 1 aromatic heterocycles. The van der Waals surface area contributed by atoms with Gasteiger partial charge in [-0.25, -0.2) is 4.98 Å². The molecule has 0 radical (unpaired) electrons. The van der Waals surface area contributed by atoms with Crippen molar-refractivity contribution in [3.05, 3.63) is 22.9 Å². The van der Waals surface area contributed by atoms with E-state index >= 15 is 0 Å². The van der Waals surface area contributed by atoms with Crippen molar-refractivity contribution in [1.82, 2.24) is 4.98 Å². The standard InChI is InChI=1S/C17H29N3/c1-8-10-20(13(4)9-2)16-11-12(3)14(5)17(19-16)15(6)18-7/h11,13H,8-10H2,1-7H3/b18-15-. The summed E-state index contributed by atoms with van der Waals surface area (Å²) >= 11 is 0. The summed E-state index contributed by atoms with van der Waals surface area (Å²) < 4.78 is 0. The van der Waals surface area contributed by atoms with Crippen LogP contribution in [0.3, 0.4) is 0 Å². The van der Waals surface area contributed by atoms with Gasteiger partial charge >= 0.3 is 0 Å². The maximum absolute atomic E-state index is 4.89. The van der Waals surface area contributed by atoms with Crippen LogP contribution in [0.2, 0.25) is 0 Å². The Labute approximate surface area is 124 Å². The van der Waals surface area contributed by atoms with Gasteiger partial charge in [0.1, 0.15) is 5.82 Å². The number of pyridine rings is 1. The van der Waals surface area contributed by atoms with Gasteiger partial charge in [-0.05, 0) is 57.7 Å². The van der Waals surface area contributed by atoms with Crippen molar-refractivity contribution in [3.8, 4) is 0 Å². The molecule has 0 saturated heterocycles. The molecule has 0 spiro atoms. The van der Waals surface area contributed by atoms with Gasteiger partial charge in [0.2, 0.25) is 0 Å². The van der Waals surface area contributed by atoms with Gasteiger partial charge in [-0.15, -0.1) is 0 Å². The summed E-state index contributed by atoms with van der Waals surface area (Å²) in [4.78, 5) is 11.6. The van der Waals surface area contributed by atoms with Crippen LogP contribution in [-0.2, 0) is 0 Å². The van der Waals surface area contributed by atoms with E-state index in [0.29, 0.717) is 6.04 Å². The molecule has 0 aliphatic carbocycles. The molecule has 0 amide bonds. The van der Waals surface area contributed by atoms with Crippen LogP contribution >= 0.6 is 0 Å². The van der Waals surface area contributed by atoms with Crippen molar-refractivity contribution in [3.63, 3.8) is 0 Å². The van der Waals surface area contributed by atoms with E-state index in [1.807, 2.05) is 14.0 Å². The molecule has 0 aromatic carbocycles. The Hall–Kier alpha value is -1.38. The van der Waals surface area contributed by atoms with Crippen molar-refractivity contribution >= 4 is 11.5 Å². The number of hydrogen-bond donors (Lipinski definition) is 0. The zero-order valence-electron chi connectivity index (χ0n) is 14.1. The molecular weight excluding hydrogens is 246 g/mol. The monoisotopic (exact) mass is 275 g/mol. The number of hydrogen-bond acceptors (Lipinski definition) is 3. The highest BCUT2D eigenvalue weighted by Crippen LogP contribution is 2.22. The highest BCUT2D eigenvalue weighted by atomic mass is 15.2. The van der Waals surface area contributed by atoms with E-state index in [9.17, 15) is 0 Å². The zero-order chi connectivity index (χ0) is 15.3. The predicted molar refractivity (Wildman–Crippen MR) is 89.2 cm³/mol. The van der Waals surface area contributed by atoms with Crippen LogP contribution in [0.1, 0.15) is 57.4 Å². The molecule has 0 aliphatic rings. The van der Waals surface area contributed by atoms with Gasteiger partial charge in [-0.1, -0.05) is 13.8 Å². The third kappa shape index (κ3) is 3.59. The molecule has 1 atom stereocenters. The molecule has 3 heteroatoms. The second-order valence-electron chi connectivity index (χ2n) is 5.53. The van der Waals surface area contributed by atoms with Crippen LogP contribution in [0, 0.1) is 13.8 Å². The SMILES string of the molecule is CCCN(c1cc(C)c(C)c(/C(C)=N\C)n1)C(C)CC. The number of rotatable bonds is 6. The van der Waals surface area contributed by atoms with Crippen LogP contribution in [-0.4, -0.2) is 30.3 Å². The first-order valence-electron chi connectivity index (χ1n) is 7.64. The van der Waals surface area contributed by atoms with Crippen LogP contribution in [0.15, 0.2) is 11.1 Å². The van der Waals surface area contributed by atoms with E-state index in [-0.39, 0.29) is 0 Å². The van der Waals surface area contributed by atoms with E-state index < -0.39 is 0 Å².